The van der Waals surface area contributed by atoms with Gasteiger partial charge in [-0.2, -0.15) is 0 Å². The third-order valence-corrected chi connectivity index (χ3v) is 5.30. The van der Waals surface area contributed by atoms with Gasteiger partial charge in [-0.05, 0) is 31.4 Å². The van der Waals surface area contributed by atoms with Crippen LogP contribution in [0.1, 0.15) is 44.6 Å². The predicted molar refractivity (Wildman–Crippen MR) is 100 cm³/mol. The van der Waals surface area contributed by atoms with Crippen molar-refractivity contribution in [3.63, 3.8) is 0 Å². The van der Waals surface area contributed by atoms with Crippen LogP contribution in [0.5, 0.6) is 0 Å². The fourth-order valence-electron chi connectivity index (χ4n) is 3.46. The second-order valence-corrected chi connectivity index (χ2v) is 7.35. The third kappa shape index (κ3) is 3.56. The van der Waals surface area contributed by atoms with Crippen molar-refractivity contribution in [1.29, 1.82) is 0 Å². The van der Waals surface area contributed by atoms with Crippen LogP contribution in [0.25, 0.3) is 5.57 Å². The second-order valence-electron chi connectivity index (χ2n) is 6.51. The van der Waals surface area contributed by atoms with Crippen LogP contribution in [0.2, 0.25) is 10.0 Å². The molecule has 4 nitrogen and oxygen atoms in total. The van der Waals surface area contributed by atoms with Crippen molar-refractivity contribution >= 4 is 40.6 Å². The van der Waals surface area contributed by atoms with Gasteiger partial charge in [0.15, 0.2) is 0 Å². The number of carbonyl (C=O) groups excluding carboxylic acids is 2. The number of rotatable bonds is 6. The van der Waals surface area contributed by atoms with Gasteiger partial charge in [0.25, 0.3) is 11.8 Å². The van der Waals surface area contributed by atoms with Crippen LogP contribution < -0.4 is 0 Å². The van der Waals surface area contributed by atoms with E-state index in [0.29, 0.717) is 33.4 Å². The van der Waals surface area contributed by atoms with E-state index in [9.17, 15) is 9.59 Å². The second kappa shape index (κ2) is 7.79. The smallest absolute Gasteiger partial charge is 0.277 e. The molecule has 134 valence electrons. The Balaban J connectivity index is 2.02. The quantitative estimate of drug-likeness (QED) is 0.543. The minimum atomic E-state index is -0.243. The molecule has 1 fully saturated rings. The monoisotopic (exact) mass is 380 g/mol. The fourth-order valence-corrected chi connectivity index (χ4v) is 3.96. The largest absolute Gasteiger partial charge is 0.366 e. The first-order chi connectivity index (χ1) is 12.0. The Kier molecular flexibility index (Phi) is 5.70. The molecule has 0 aliphatic carbocycles. The van der Waals surface area contributed by atoms with E-state index in [-0.39, 0.29) is 11.8 Å². The Hall–Kier alpha value is -1.52. The van der Waals surface area contributed by atoms with Crippen LogP contribution in [-0.2, 0) is 9.59 Å². The van der Waals surface area contributed by atoms with E-state index in [1.54, 1.807) is 18.2 Å². The van der Waals surface area contributed by atoms with Gasteiger partial charge in [0.05, 0.1) is 10.6 Å². The molecule has 2 aliphatic heterocycles. The van der Waals surface area contributed by atoms with E-state index >= 15 is 0 Å². The van der Waals surface area contributed by atoms with Crippen LogP contribution in [0.4, 0.5) is 0 Å². The molecule has 6 heteroatoms. The highest BCUT2D eigenvalue weighted by Crippen LogP contribution is 2.37. The SMILES string of the molecule is CCCCCN1C(=O)C(c2ccc(Cl)cc2Cl)=C(N2CCCC2)C1=O. The van der Waals surface area contributed by atoms with Crippen LogP contribution in [0.3, 0.4) is 0 Å². The molecule has 0 bridgehead atoms. The first-order valence-corrected chi connectivity index (χ1v) is 9.61. The summed E-state index contributed by atoms with van der Waals surface area (Å²) in [6.45, 7) is 4.15. The number of benzene rings is 1. The Morgan fingerprint density at radius 3 is 2.40 bits per heavy atom. The van der Waals surface area contributed by atoms with Crippen molar-refractivity contribution < 1.29 is 9.59 Å². The number of halogens is 2. The van der Waals surface area contributed by atoms with Gasteiger partial charge in [0, 0.05) is 30.2 Å². The highest BCUT2D eigenvalue weighted by molar-refractivity contribution is 6.41. The average molecular weight is 381 g/mol. The number of carbonyl (C=O) groups is 2. The lowest BCUT2D eigenvalue weighted by Gasteiger charge is -2.20. The number of unbranched alkanes of at least 4 members (excludes halogenated alkanes) is 2. The summed E-state index contributed by atoms with van der Waals surface area (Å²) in [5, 5.41) is 0.907. The van der Waals surface area contributed by atoms with E-state index in [0.717, 1.165) is 45.2 Å². The summed E-state index contributed by atoms with van der Waals surface area (Å²) in [4.78, 5) is 29.4. The van der Waals surface area contributed by atoms with Crippen LogP contribution in [0, 0.1) is 0 Å². The minimum Gasteiger partial charge on any atom is -0.366 e. The van der Waals surface area contributed by atoms with Crippen molar-refractivity contribution in [3.05, 3.63) is 39.5 Å². The molecule has 1 saturated heterocycles. The third-order valence-electron chi connectivity index (χ3n) is 4.75. The van der Waals surface area contributed by atoms with E-state index in [1.807, 2.05) is 4.90 Å². The molecule has 0 N–H and O–H groups in total. The number of imide groups is 1. The van der Waals surface area contributed by atoms with Crippen LogP contribution in [-0.4, -0.2) is 41.2 Å². The van der Waals surface area contributed by atoms with Crippen molar-refractivity contribution in [3.8, 4) is 0 Å². The van der Waals surface area contributed by atoms with Crippen LogP contribution >= 0.6 is 23.2 Å². The first kappa shape index (κ1) is 18.3. The van der Waals surface area contributed by atoms with Crippen molar-refractivity contribution in [1.82, 2.24) is 9.80 Å². The number of likely N-dealkylation sites (tertiary alicyclic amines) is 1. The fraction of sp³-hybridized carbons (Fsp3) is 0.474. The Morgan fingerprint density at radius 1 is 1.04 bits per heavy atom. The Morgan fingerprint density at radius 2 is 1.76 bits per heavy atom. The lowest BCUT2D eigenvalue weighted by atomic mass is 10.0. The van der Waals surface area contributed by atoms with Gasteiger partial charge in [-0.1, -0.05) is 49.0 Å². The summed E-state index contributed by atoms with van der Waals surface area (Å²) in [6, 6.07) is 5.05. The molecule has 2 heterocycles. The van der Waals surface area contributed by atoms with Gasteiger partial charge in [0.1, 0.15) is 5.70 Å². The van der Waals surface area contributed by atoms with Gasteiger partial charge < -0.3 is 4.90 Å². The topological polar surface area (TPSA) is 40.6 Å². The van der Waals surface area contributed by atoms with Gasteiger partial charge in [-0.25, -0.2) is 0 Å². The Bertz CT molecular complexity index is 724. The van der Waals surface area contributed by atoms with Crippen LogP contribution in [0.15, 0.2) is 23.9 Å². The molecule has 2 amide bonds. The number of hydrogen-bond donors (Lipinski definition) is 0. The summed E-state index contributed by atoms with van der Waals surface area (Å²) >= 11 is 12.3. The number of nitrogens with zero attached hydrogens (tertiary/aromatic N) is 2. The predicted octanol–water partition coefficient (Wildman–Crippen LogP) is 4.36. The van der Waals surface area contributed by atoms with Gasteiger partial charge in [-0.3, -0.25) is 14.5 Å². The zero-order valence-electron chi connectivity index (χ0n) is 14.4. The van der Waals surface area contributed by atoms with Gasteiger partial charge in [-0.15, -0.1) is 0 Å². The molecule has 0 atom stereocenters. The molecule has 1 aromatic rings. The molecule has 25 heavy (non-hydrogen) atoms. The molecule has 0 spiro atoms. The summed E-state index contributed by atoms with van der Waals surface area (Å²) in [6.07, 6.45) is 4.92. The zero-order chi connectivity index (χ0) is 18.0. The normalized spacial score (nSPS) is 18.0. The lowest BCUT2D eigenvalue weighted by molar-refractivity contribution is -0.137. The van der Waals surface area contributed by atoms with E-state index in [2.05, 4.69) is 6.92 Å². The lowest BCUT2D eigenvalue weighted by Crippen LogP contribution is -2.35. The van der Waals surface area contributed by atoms with Gasteiger partial charge in [0.2, 0.25) is 0 Å². The maximum Gasteiger partial charge on any atom is 0.277 e. The molecular weight excluding hydrogens is 359 g/mol. The average Bonchev–Trinajstić information content (AvgIpc) is 3.17. The number of hydrogen-bond acceptors (Lipinski definition) is 3. The summed E-state index contributed by atoms with van der Waals surface area (Å²) < 4.78 is 0. The molecule has 0 aromatic heterocycles. The summed E-state index contributed by atoms with van der Waals surface area (Å²) in [5.41, 5.74) is 1.51. The highest BCUT2D eigenvalue weighted by atomic mass is 35.5. The van der Waals surface area contributed by atoms with Gasteiger partial charge >= 0.3 is 0 Å². The van der Waals surface area contributed by atoms with E-state index < -0.39 is 0 Å². The maximum absolute atomic E-state index is 13.0. The van der Waals surface area contributed by atoms with Crippen molar-refractivity contribution in [2.45, 2.75) is 39.0 Å². The molecular formula is C19H22Cl2N2O2. The highest BCUT2D eigenvalue weighted by Gasteiger charge is 2.42. The molecule has 3 rings (SSSR count). The number of amides is 2. The standard InChI is InChI=1S/C19H22Cl2N2O2/c1-2-3-4-11-23-18(24)16(14-8-7-13(20)12-15(14)21)17(19(23)25)22-9-5-6-10-22/h7-8,12H,2-6,9-11H2,1H3. The molecule has 1 aromatic carbocycles. The zero-order valence-corrected chi connectivity index (χ0v) is 15.9. The maximum atomic E-state index is 13.0. The molecule has 0 saturated carbocycles. The molecule has 2 aliphatic rings. The van der Waals surface area contributed by atoms with E-state index in [4.69, 9.17) is 23.2 Å². The van der Waals surface area contributed by atoms with Crippen molar-refractivity contribution in [2.75, 3.05) is 19.6 Å². The summed E-state index contributed by atoms with van der Waals surface area (Å²) in [7, 11) is 0. The Labute approximate surface area is 158 Å². The first-order valence-electron chi connectivity index (χ1n) is 8.85. The minimum absolute atomic E-state index is 0.191. The molecule has 0 radical (unpaired) electrons. The van der Waals surface area contributed by atoms with Crippen molar-refractivity contribution in [2.24, 2.45) is 0 Å². The van der Waals surface area contributed by atoms with E-state index in [1.165, 1.54) is 4.90 Å². The summed E-state index contributed by atoms with van der Waals surface area (Å²) in [5.74, 6) is -0.434. The molecule has 0 unspecified atom stereocenters.